The Morgan fingerprint density at radius 2 is 1.94 bits per heavy atom. The van der Waals surface area contributed by atoms with Crippen molar-refractivity contribution < 1.29 is 0 Å². The first kappa shape index (κ1) is 13.1. The number of hydrazine groups is 1. The fourth-order valence-electron chi connectivity index (χ4n) is 1.82. The maximum Gasteiger partial charge on any atom is 0.0593 e. The zero-order chi connectivity index (χ0) is 13.2. The van der Waals surface area contributed by atoms with Gasteiger partial charge in [-0.05, 0) is 50.6 Å². The predicted molar refractivity (Wildman–Crippen MR) is 80.8 cm³/mol. The van der Waals surface area contributed by atoms with Crippen LogP contribution in [-0.4, -0.2) is 11.8 Å². The normalized spacial score (nSPS) is 19.8. The first-order valence-electron chi connectivity index (χ1n) is 5.99. The van der Waals surface area contributed by atoms with E-state index in [0.29, 0.717) is 0 Å². The van der Waals surface area contributed by atoms with Crippen LogP contribution in [0.15, 0.2) is 45.0 Å². The second-order valence-corrected chi connectivity index (χ2v) is 6.07. The highest BCUT2D eigenvalue weighted by atomic mass is 79.9. The lowest BCUT2D eigenvalue weighted by Gasteiger charge is -2.15. The minimum atomic E-state index is 0.0376. The molecule has 18 heavy (non-hydrogen) atoms. The van der Waals surface area contributed by atoms with Crippen LogP contribution in [0.2, 0.25) is 0 Å². The molecule has 1 aliphatic heterocycles. The fraction of sp³-hybridized carbons (Fsp3) is 0.357. The molecule has 0 saturated carbocycles. The summed E-state index contributed by atoms with van der Waals surface area (Å²) in [5.74, 6) is 0. The molecule has 3 nitrogen and oxygen atoms in total. The van der Waals surface area contributed by atoms with Gasteiger partial charge in [0.2, 0.25) is 0 Å². The topological polar surface area (TPSA) is 36.4 Å². The van der Waals surface area contributed by atoms with Gasteiger partial charge >= 0.3 is 0 Å². The summed E-state index contributed by atoms with van der Waals surface area (Å²) in [6.07, 6.45) is 2.94. The Morgan fingerprint density at radius 1 is 1.28 bits per heavy atom. The van der Waals surface area contributed by atoms with Gasteiger partial charge in [0.1, 0.15) is 0 Å². The number of hydrogen-bond acceptors (Lipinski definition) is 3. The number of benzene rings is 1. The average Bonchev–Trinajstić information content (AvgIpc) is 2.69. The summed E-state index contributed by atoms with van der Waals surface area (Å²) in [6, 6.07) is 8.04. The van der Waals surface area contributed by atoms with Crippen LogP contribution < -0.4 is 10.9 Å². The van der Waals surface area contributed by atoms with Crippen molar-refractivity contribution in [3.05, 3.63) is 40.0 Å². The summed E-state index contributed by atoms with van der Waals surface area (Å²) in [5.41, 5.74) is 9.85. The highest BCUT2D eigenvalue weighted by Gasteiger charge is 2.23. The molecule has 1 aliphatic rings. The molecule has 0 saturated heterocycles. The minimum Gasteiger partial charge on any atom is -0.305 e. The largest absolute Gasteiger partial charge is 0.305 e. The van der Waals surface area contributed by atoms with Crippen molar-refractivity contribution in [2.45, 2.75) is 32.7 Å². The molecule has 2 N–H and O–H groups in total. The molecule has 96 valence electrons. The zero-order valence-corrected chi connectivity index (χ0v) is 12.5. The Hall–Kier alpha value is -1.29. The lowest BCUT2D eigenvalue weighted by atomic mass is 9.99. The molecule has 4 heteroatoms. The van der Waals surface area contributed by atoms with E-state index in [-0.39, 0.29) is 5.54 Å². The van der Waals surface area contributed by atoms with Gasteiger partial charge in [-0.25, -0.2) is 0 Å². The van der Waals surface area contributed by atoms with E-state index < -0.39 is 0 Å². The summed E-state index contributed by atoms with van der Waals surface area (Å²) in [5, 5.41) is 0. The van der Waals surface area contributed by atoms with E-state index in [1.807, 2.05) is 30.5 Å². The van der Waals surface area contributed by atoms with E-state index in [2.05, 4.69) is 52.5 Å². The predicted octanol–water partition coefficient (Wildman–Crippen LogP) is 3.89. The molecule has 0 fully saturated rings. The minimum absolute atomic E-state index is 0.0376. The highest BCUT2D eigenvalue weighted by Crippen LogP contribution is 2.26. The molecule has 0 aliphatic carbocycles. The molecule has 0 atom stereocenters. The van der Waals surface area contributed by atoms with E-state index in [4.69, 9.17) is 0 Å². The number of rotatable bonds is 3. The summed E-state index contributed by atoms with van der Waals surface area (Å²) in [6.45, 7) is 6.35. The lowest BCUT2D eigenvalue weighted by Crippen LogP contribution is -2.21. The maximum atomic E-state index is 4.48. The van der Waals surface area contributed by atoms with Gasteiger partial charge in [0, 0.05) is 22.8 Å². The first-order valence-corrected chi connectivity index (χ1v) is 6.78. The monoisotopic (exact) mass is 307 g/mol. The number of halogens is 1. The SMILES string of the molecule is CC(NNc1ccc(Br)cc1)=C1C=NC(C)(C)C1. The Bertz CT molecular complexity index is 486. The molecular formula is C14H18BrN3. The van der Waals surface area contributed by atoms with Crippen LogP contribution in [0.4, 0.5) is 5.69 Å². The smallest absolute Gasteiger partial charge is 0.0593 e. The Kier molecular flexibility index (Phi) is 3.76. The van der Waals surface area contributed by atoms with Gasteiger partial charge in [0.25, 0.3) is 0 Å². The van der Waals surface area contributed by atoms with E-state index in [0.717, 1.165) is 22.3 Å². The van der Waals surface area contributed by atoms with E-state index in [1.54, 1.807) is 0 Å². The van der Waals surface area contributed by atoms with Gasteiger partial charge in [-0.1, -0.05) is 15.9 Å². The molecule has 1 aromatic rings. The van der Waals surface area contributed by atoms with Crippen LogP contribution in [0.5, 0.6) is 0 Å². The van der Waals surface area contributed by atoms with Crippen molar-refractivity contribution in [1.82, 2.24) is 5.43 Å². The summed E-state index contributed by atoms with van der Waals surface area (Å²) < 4.78 is 1.08. The molecule has 2 rings (SSSR count). The molecular weight excluding hydrogens is 290 g/mol. The molecule has 0 amide bonds. The third kappa shape index (κ3) is 3.35. The van der Waals surface area contributed by atoms with Crippen LogP contribution in [-0.2, 0) is 0 Å². The fourth-order valence-corrected chi connectivity index (χ4v) is 2.08. The molecule has 0 unspecified atom stereocenters. The van der Waals surface area contributed by atoms with E-state index in [9.17, 15) is 0 Å². The van der Waals surface area contributed by atoms with Crippen molar-refractivity contribution in [1.29, 1.82) is 0 Å². The lowest BCUT2D eigenvalue weighted by molar-refractivity contribution is 0.545. The van der Waals surface area contributed by atoms with Gasteiger partial charge in [-0.15, -0.1) is 0 Å². The van der Waals surface area contributed by atoms with Crippen LogP contribution >= 0.6 is 15.9 Å². The van der Waals surface area contributed by atoms with Crippen molar-refractivity contribution >= 4 is 27.8 Å². The van der Waals surface area contributed by atoms with Crippen molar-refractivity contribution in [3.8, 4) is 0 Å². The maximum absolute atomic E-state index is 4.48. The van der Waals surface area contributed by atoms with Gasteiger partial charge in [0.05, 0.1) is 11.2 Å². The number of allylic oxidation sites excluding steroid dienone is 1. The molecule has 0 radical (unpaired) electrons. The molecule has 1 heterocycles. The number of anilines is 1. The second kappa shape index (κ2) is 5.14. The molecule has 0 aromatic heterocycles. The number of aliphatic imine (C=N–C) groups is 1. The molecule has 1 aromatic carbocycles. The third-order valence-corrected chi connectivity index (χ3v) is 3.44. The van der Waals surface area contributed by atoms with Crippen LogP contribution in [0.1, 0.15) is 27.2 Å². The van der Waals surface area contributed by atoms with Crippen LogP contribution in [0.25, 0.3) is 0 Å². The number of nitrogens with zero attached hydrogens (tertiary/aromatic N) is 1. The molecule has 0 bridgehead atoms. The first-order chi connectivity index (χ1) is 8.46. The second-order valence-electron chi connectivity index (χ2n) is 5.15. The number of hydrogen-bond donors (Lipinski definition) is 2. The third-order valence-electron chi connectivity index (χ3n) is 2.91. The number of nitrogens with one attached hydrogen (secondary N) is 2. The summed E-state index contributed by atoms with van der Waals surface area (Å²) in [4.78, 5) is 4.48. The van der Waals surface area contributed by atoms with Crippen molar-refractivity contribution in [2.24, 2.45) is 4.99 Å². The Labute approximate surface area is 116 Å². The van der Waals surface area contributed by atoms with Crippen LogP contribution in [0.3, 0.4) is 0 Å². The van der Waals surface area contributed by atoms with Gasteiger partial charge < -0.3 is 10.9 Å². The standard InChI is InChI=1S/C14H18BrN3/c1-10(11-8-14(2,3)16-9-11)17-18-13-6-4-12(15)5-7-13/h4-7,9,17-18H,8H2,1-3H3. The van der Waals surface area contributed by atoms with E-state index in [1.165, 1.54) is 5.57 Å². The Balaban J connectivity index is 1.97. The van der Waals surface area contributed by atoms with E-state index >= 15 is 0 Å². The zero-order valence-electron chi connectivity index (χ0n) is 10.9. The Morgan fingerprint density at radius 3 is 2.50 bits per heavy atom. The average molecular weight is 308 g/mol. The van der Waals surface area contributed by atoms with Gasteiger partial charge in [-0.3, -0.25) is 4.99 Å². The van der Waals surface area contributed by atoms with Gasteiger partial charge in [-0.2, -0.15) is 0 Å². The van der Waals surface area contributed by atoms with Crippen LogP contribution in [0, 0.1) is 0 Å². The molecule has 0 spiro atoms. The summed E-state index contributed by atoms with van der Waals surface area (Å²) >= 11 is 3.42. The van der Waals surface area contributed by atoms with Gasteiger partial charge in [0.15, 0.2) is 0 Å². The highest BCUT2D eigenvalue weighted by molar-refractivity contribution is 9.10. The summed E-state index contributed by atoms with van der Waals surface area (Å²) in [7, 11) is 0. The van der Waals surface area contributed by atoms with Crippen molar-refractivity contribution in [2.75, 3.05) is 5.43 Å². The quantitative estimate of drug-likeness (QED) is 0.831. The van der Waals surface area contributed by atoms with Crippen molar-refractivity contribution in [3.63, 3.8) is 0 Å².